The Labute approximate surface area is 96.2 Å². The number of carbonyl (C=O) groups excluding carboxylic acids is 1. The number of carbonyl (C=O) groups is 1. The number of ether oxygens (including phenoxy) is 3. The maximum atomic E-state index is 11.5. The predicted molar refractivity (Wildman–Crippen MR) is 57.9 cm³/mol. The molecule has 2 saturated heterocycles. The van der Waals surface area contributed by atoms with Gasteiger partial charge in [0.15, 0.2) is 11.9 Å². The lowest BCUT2D eigenvalue weighted by molar-refractivity contribution is -0.309. The van der Waals surface area contributed by atoms with Gasteiger partial charge in [-0.1, -0.05) is 0 Å². The molecule has 4 nitrogen and oxygen atoms in total. The van der Waals surface area contributed by atoms with E-state index in [0.717, 1.165) is 38.5 Å². The second-order valence-electron chi connectivity index (χ2n) is 4.75. The second kappa shape index (κ2) is 4.72. The fourth-order valence-electron chi connectivity index (χ4n) is 2.65. The Bertz CT molecular complexity index is 262. The van der Waals surface area contributed by atoms with Crippen LogP contribution in [0.5, 0.6) is 0 Å². The molecule has 0 aromatic heterocycles. The Morgan fingerprint density at radius 3 is 2.56 bits per heavy atom. The average molecular weight is 228 g/mol. The molecule has 0 aliphatic carbocycles. The van der Waals surface area contributed by atoms with Crippen LogP contribution in [0.1, 0.15) is 45.4 Å². The summed E-state index contributed by atoms with van der Waals surface area (Å²) in [5, 5.41) is 0. The summed E-state index contributed by atoms with van der Waals surface area (Å²) in [6.45, 7) is 2.06. The van der Waals surface area contributed by atoms with Crippen molar-refractivity contribution >= 4 is 5.97 Å². The first-order chi connectivity index (χ1) is 7.65. The van der Waals surface area contributed by atoms with Crippen molar-refractivity contribution in [2.24, 2.45) is 0 Å². The number of hydrogen-bond donors (Lipinski definition) is 0. The lowest BCUT2D eigenvalue weighted by Gasteiger charge is -2.44. The van der Waals surface area contributed by atoms with Gasteiger partial charge in [-0.3, -0.25) is 0 Å². The summed E-state index contributed by atoms with van der Waals surface area (Å²) >= 11 is 0. The molecular formula is C12H20O4. The Morgan fingerprint density at radius 2 is 1.94 bits per heavy atom. The highest BCUT2D eigenvalue weighted by Crippen LogP contribution is 2.39. The number of esters is 1. The van der Waals surface area contributed by atoms with E-state index in [-0.39, 0.29) is 12.1 Å². The summed E-state index contributed by atoms with van der Waals surface area (Å²) in [7, 11) is 1.40. The standard InChI is InChI=1S/C12H20O4/c1-9-5-3-7-12(15-9)8-4-6-10(16-12)11(13)14-2/h9-10H,3-8H2,1-2H3/t9-,10+,12+/m0/s1. The highest BCUT2D eigenvalue weighted by Gasteiger charge is 2.43. The fraction of sp³-hybridized carbons (Fsp3) is 0.917. The third-order valence-corrected chi connectivity index (χ3v) is 3.43. The lowest BCUT2D eigenvalue weighted by Crippen LogP contribution is -2.49. The smallest absolute Gasteiger partial charge is 0.335 e. The Hall–Kier alpha value is -0.610. The molecule has 0 radical (unpaired) electrons. The molecule has 0 amide bonds. The van der Waals surface area contributed by atoms with Crippen LogP contribution in [-0.2, 0) is 19.0 Å². The van der Waals surface area contributed by atoms with E-state index in [1.165, 1.54) is 7.11 Å². The molecule has 0 aromatic rings. The minimum Gasteiger partial charge on any atom is -0.467 e. The van der Waals surface area contributed by atoms with Crippen LogP contribution >= 0.6 is 0 Å². The van der Waals surface area contributed by atoms with Gasteiger partial charge in [0.05, 0.1) is 13.2 Å². The molecule has 4 heteroatoms. The van der Waals surface area contributed by atoms with Gasteiger partial charge in [0.2, 0.25) is 0 Å². The van der Waals surface area contributed by atoms with Crippen LogP contribution in [-0.4, -0.2) is 31.1 Å². The Kier molecular flexibility index (Phi) is 3.50. The molecule has 2 rings (SSSR count). The molecule has 0 saturated carbocycles. The molecule has 2 fully saturated rings. The van der Waals surface area contributed by atoms with Gasteiger partial charge in [-0.2, -0.15) is 0 Å². The zero-order chi connectivity index (χ0) is 11.6. The Morgan fingerprint density at radius 1 is 1.25 bits per heavy atom. The SMILES string of the molecule is COC(=O)[C@H]1CCC[C@@]2(CCC[C@H](C)O2)O1. The molecule has 1 spiro atoms. The molecule has 2 aliphatic rings. The van der Waals surface area contributed by atoms with Gasteiger partial charge in [0.1, 0.15) is 0 Å². The van der Waals surface area contributed by atoms with Gasteiger partial charge in [-0.25, -0.2) is 4.79 Å². The molecule has 0 unspecified atom stereocenters. The van der Waals surface area contributed by atoms with E-state index >= 15 is 0 Å². The minimum atomic E-state index is -0.519. The quantitative estimate of drug-likeness (QED) is 0.644. The van der Waals surface area contributed by atoms with E-state index in [1.807, 2.05) is 0 Å². The van der Waals surface area contributed by atoms with Crippen molar-refractivity contribution in [3.05, 3.63) is 0 Å². The first-order valence-corrected chi connectivity index (χ1v) is 6.09. The van der Waals surface area contributed by atoms with Gasteiger partial charge in [0.25, 0.3) is 0 Å². The molecule has 2 aliphatic heterocycles. The van der Waals surface area contributed by atoms with Crippen molar-refractivity contribution in [3.8, 4) is 0 Å². The van der Waals surface area contributed by atoms with Crippen LogP contribution in [0.25, 0.3) is 0 Å². The van der Waals surface area contributed by atoms with Crippen LogP contribution in [0.15, 0.2) is 0 Å². The lowest BCUT2D eigenvalue weighted by atomic mass is 9.93. The van der Waals surface area contributed by atoms with Gasteiger partial charge < -0.3 is 14.2 Å². The van der Waals surface area contributed by atoms with Gasteiger partial charge in [-0.15, -0.1) is 0 Å². The van der Waals surface area contributed by atoms with Crippen molar-refractivity contribution in [2.45, 2.75) is 63.4 Å². The summed E-state index contributed by atoms with van der Waals surface area (Å²) in [5.74, 6) is -0.796. The van der Waals surface area contributed by atoms with Crippen LogP contribution < -0.4 is 0 Å². The third kappa shape index (κ3) is 2.38. The molecule has 0 aromatic carbocycles. The molecular weight excluding hydrogens is 208 g/mol. The molecule has 92 valence electrons. The zero-order valence-corrected chi connectivity index (χ0v) is 10.0. The van der Waals surface area contributed by atoms with Crippen LogP contribution in [0.3, 0.4) is 0 Å². The highest BCUT2D eigenvalue weighted by molar-refractivity contribution is 5.74. The number of methoxy groups -OCH3 is 1. The van der Waals surface area contributed by atoms with Gasteiger partial charge in [-0.05, 0) is 32.6 Å². The normalized spacial score (nSPS) is 39.6. The van der Waals surface area contributed by atoms with Crippen molar-refractivity contribution < 1.29 is 19.0 Å². The monoisotopic (exact) mass is 228 g/mol. The van der Waals surface area contributed by atoms with Crippen LogP contribution in [0, 0.1) is 0 Å². The molecule has 0 bridgehead atoms. The molecule has 0 N–H and O–H groups in total. The van der Waals surface area contributed by atoms with E-state index in [2.05, 4.69) is 6.92 Å². The summed E-state index contributed by atoms with van der Waals surface area (Å²) in [5.41, 5.74) is 0. The zero-order valence-electron chi connectivity index (χ0n) is 10.0. The molecule has 2 heterocycles. The fourth-order valence-corrected chi connectivity index (χ4v) is 2.65. The summed E-state index contributed by atoms with van der Waals surface area (Å²) < 4.78 is 16.5. The van der Waals surface area contributed by atoms with Crippen LogP contribution in [0.2, 0.25) is 0 Å². The van der Waals surface area contributed by atoms with E-state index < -0.39 is 11.9 Å². The van der Waals surface area contributed by atoms with Gasteiger partial charge >= 0.3 is 5.97 Å². The van der Waals surface area contributed by atoms with Crippen molar-refractivity contribution in [1.82, 2.24) is 0 Å². The first kappa shape index (κ1) is 11.9. The number of hydrogen-bond acceptors (Lipinski definition) is 4. The number of rotatable bonds is 1. The first-order valence-electron chi connectivity index (χ1n) is 6.09. The van der Waals surface area contributed by atoms with Crippen molar-refractivity contribution in [2.75, 3.05) is 7.11 Å². The second-order valence-corrected chi connectivity index (χ2v) is 4.75. The summed E-state index contributed by atoms with van der Waals surface area (Å²) in [6, 6.07) is 0. The summed E-state index contributed by atoms with van der Waals surface area (Å²) in [4.78, 5) is 11.5. The maximum Gasteiger partial charge on any atom is 0.335 e. The topological polar surface area (TPSA) is 44.8 Å². The average Bonchev–Trinajstić information content (AvgIpc) is 2.28. The van der Waals surface area contributed by atoms with E-state index in [0.29, 0.717) is 0 Å². The Balaban J connectivity index is 2.02. The predicted octanol–water partition coefficient (Wildman–Crippen LogP) is 2.01. The molecule has 3 atom stereocenters. The molecule has 16 heavy (non-hydrogen) atoms. The minimum absolute atomic E-state index is 0.227. The summed E-state index contributed by atoms with van der Waals surface area (Å²) in [6.07, 6.45) is 5.46. The van der Waals surface area contributed by atoms with Gasteiger partial charge in [0, 0.05) is 12.8 Å². The van der Waals surface area contributed by atoms with E-state index in [1.54, 1.807) is 0 Å². The van der Waals surface area contributed by atoms with E-state index in [9.17, 15) is 4.79 Å². The highest BCUT2D eigenvalue weighted by atomic mass is 16.7. The largest absolute Gasteiger partial charge is 0.467 e. The third-order valence-electron chi connectivity index (χ3n) is 3.43. The van der Waals surface area contributed by atoms with Crippen LogP contribution in [0.4, 0.5) is 0 Å². The maximum absolute atomic E-state index is 11.5. The van der Waals surface area contributed by atoms with E-state index in [4.69, 9.17) is 14.2 Å². The van der Waals surface area contributed by atoms with Crippen molar-refractivity contribution in [1.29, 1.82) is 0 Å². The van der Waals surface area contributed by atoms with Crippen molar-refractivity contribution in [3.63, 3.8) is 0 Å².